The van der Waals surface area contributed by atoms with Crippen LogP contribution < -0.4 is 4.74 Å². The number of benzene rings is 3. The number of nitrogens with zero attached hydrogens (tertiary/aromatic N) is 3. The van der Waals surface area contributed by atoms with Crippen molar-refractivity contribution in [1.29, 1.82) is 0 Å². The Kier molecular flexibility index (Phi) is 7.98. The molecule has 0 aliphatic carbocycles. The Morgan fingerprint density at radius 2 is 1.60 bits per heavy atom. The lowest BCUT2D eigenvalue weighted by Crippen LogP contribution is -2.03. The predicted molar refractivity (Wildman–Crippen MR) is 131 cm³/mol. The fraction of sp³-hybridized carbons (Fsp3) is 0.214. The molecule has 3 aromatic carbocycles. The summed E-state index contributed by atoms with van der Waals surface area (Å²) in [7, 11) is 0. The SMILES string of the molecule is FC(F)(F)c1ccc(C=Cc2cccc(COc3ccc(CCCCn4ccnn4)cc3)c2)cc1. The Labute approximate surface area is 202 Å². The average molecular weight is 478 g/mol. The first-order valence-corrected chi connectivity index (χ1v) is 11.5. The third-order valence-electron chi connectivity index (χ3n) is 5.56. The third-order valence-corrected chi connectivity index (χ3v) is 5.56. The molecule has 0 atom stereocenters. The van der Waals surface area contributed by atoms with Crippen LogP contribution in [0.1, 0.15) is 40.7 Å². The van der Waals surface area contributed by atoms with E-state index in [2.05, 4.69) is 22.4 Å². The molecule has 1 heterocycles. The normalized spacial score (nSPS) is 11.7. The number of alkyl halides is 3. The van der Waals surface area contributed by atoms with E-state index in [0.717, 1.165) is 54.8 Å². The molecule has 0 saturated carbocycles. The van der Waals surface area contributed by atoms with Crippen molar-refractivity contribution in [2.75, 3.05) is 0 Å². The zero-order valence-corrected chi connectivity index (χ0v) is 19.2. The fourth-order valence-electron chi connectivity index (χ4n) is 3.64. The molecule has 0 aliphatic rings. The molecule has 4 aromatic rings. The topological polar surface area (TPSA) is 39.9 Å². The van der Waals surface area contributed by atoms with E-state index < -0.39 is 11.7 Å². The molecule has 0 aliphatic heterocycles. The maximum atomic E-state index is 12.7. The van der Waals surface area contributed by atoms with Gasteiger partial charge in [-0.05, 0) is 71.8 Å². The van der Waals surface area contributed by atoms with Gasteiger partial charge in [-0.2, -0.15) is 13.2 Å². The number of rotatable bonds is 10. The van der Waals surface area contributed by atoms with Gasteiger partial charge in [0.2, 0.25) is 0 Å². The average Bonchev–Trinajstić information content (AvgIpc) is 3.38. The molecule has 7 heteroatoms. The molecule has 0 amide bonds. The molecule has 0 N–H and O–H groups in total. The van der Waals surface area contributed by atoms with Crippen molar-refractivity contribution in [3.8, 4) is 5.75 Å². The Morgan fingerprint density at radius 1 is 0.829 bits per heavy atom. The molecule has 1 aromatic heterocycles. The zero-order chi connectivity index (χ0) is 24.5. The van der Waals surface area contributed by atoms with E-state index in [0.29, 0.717) is 12.2 Å². The molecule has 0 saturated heterocycles. The maximum Gasteiger partial charge on any atom is 0.416 e. The van der Waals surface area contributed by atoms with Gasteiger partial charge in [0.25, 0.3) is 0 Å². The van der Waals surface area contributed by atoms with Crippen LogP contribution in [0.4, 0.5) is 13.2 Å². The summed E-state index contributed by atoms with van der Waals surface area (Å²) in [5, 5.41) is 7.78. The molecule has 0 bridgehead atoms. The number of unbranched alkanes of at least 4 members (excludes halogenated alkanes) is 1. The van der Waals surface area contributed by atoms with E-state index >= 15 is 0 Å². The molecule has 0 radical (unpaired) electrons. The monoisotopic (exact) mass is 477 g/mol. The third kappa shape index (κ3) is 7.57. The minimum absolute atomic E-state index is 0.430. The highest BCUT2D eigenvalue weighted by Gasteiger charge is 2.29. The van der Waals surface area contributed by atoms with E-state index in [1.54, 1.807) is 12.3 Å². The van der Waals surface area contributed by atoms with Crippen LogP contribution in [0.3, 0.4) is 0 Å². The molecule has 180 valence electrons. The van der Waals surface area contributed by atoms with Crippen molar-refractivity contribution in [2.45, 2.75) is 38.6 Å². The number of hydrogen-bond acceptors (Lipinski definition) is 3. The van der Waals surface area contributed by atoms with Crippen molar-refractivity contribution in [3.63, 3.8) is 0 Å². The zero-order valence-electron chi connectivity index (χ0n) is 19.2. The van der Waals surface area contributed by atoms with Gasteiger partial charge in [-0.3, -0.25) is 4.68 Å². The molecular formula is C28H26F3N3O. The summed E-state index contributed by atoms with van der Waals surface area (Å²) in [6.07, 6.45) is 6.04. The molecular weight excluding hydrogens is 451 g/mol. The largest absolute Gasteiger partial charge is 0.489 e. The second-order valence-electron chi connectivity index (χ2n) is 8.25. The second kappa shape index (κ2) is 11.5. The number of ether oxygens (including phenoxy) is 1. The smallest absolute Gasteiger partial charge is 0.416 e. The number of halogens is 3. The lowest BCUT2D eigenvalue weighted by molar-refractivity contribution is -0.137. The summed E-state index contributed by atoms with van der Waals surface area (Å²) in [6, 6.07) is 21.1. The summed E-state index contributed by atoms with van der Waals surface area (Å²) in [5.41, 5.74) is 3.29. The van der Waals surface area contributed by atoms with Crippen LogP contribution in [0.2, 0.25) is 0 Å². The van der Waals surface area contributed by atoms with Crippen molar-refractivity contribution >= 4 is 12.2 Å². The Bertz CT molecular complexity index is 1220. The summed E-state index contributed by atoms with van der Waals surface area (Å²) in [4.78, 5) is 0. The Balaban J connectivity index is 1.25. The summed E-state index contributed by atoms with van der Waals surface area (Å²) in [6.45, 7) is 1.30. The van der Waals surface area contributed by atoms with E-state index in [1.165, 1.54) is 17.7 Å². The first-order valence-electron chi connectivity index (χ1n) is 11.5. The fourth-order valence-corrected chi connectivity index (χ4v) is 3.64. The van der Waals surface area contributed by atoms with Crippen molar-refractivity contribution in [1.82, 2.24) is 15.0 Å². The highest BCUT2D eigenvalue weighted by atomic mass is 19.4. The maximum absolute atomic E-state index is 12.7. The number of aromatic nitrogens is 3. The van der Waals surface area contributed by atoms with Crippen LogP contribution in [0.15, 0.2) is 85.2 Å². The van der Waals surface area contributed by atoms with E-state index in [-0.39, 0.29) is 0 Å². The van der Waals surface area contributed by atoms with Crippen LogP contribution in [0.5, 0.6) is 5.75 Å². The van der Waals surface area contributed by atoms with Gasteiger partial charge in [-0.1, -0.05) is 59.8 Å². The molecule has 35 heavy (non-hydrogen) atoms. The standard InChI is InChI=1S/C28H26F3N3O/c29-28(30,31)26-13-9-23(10-14-26)7-8-24-5-3-6-25(20-24)21-35-27-15-11-22(12-16-27)4-1-2-18-34-19-17-32-33-34/h3,5-17,19-20H,1-2,4,18,21H2. The minimum Gasteiger partial charge on any atom is -0.489 e. The number of aryl methyl sites for hydroxylation is 2. The van der Waals surface area contributed by atoms with Crippen LogP contribution >= 0.6 is 0 Å². The minimum atomic E-state index is -4.32. The van der Waals surface area contributed by atoms with Gasteiger partial charge in [0.05, 0.1) is 11.8 Å². The Hall–Kier alpha value is -3.87. The van der Waals surface area contributed by atoms with Crippen LogP contribution in [-0.4, -0.2) is 15.0 Å². The van der Waals surface area contributed by atoms with Crippen LogP contribution in [-0.2, 0) is 25.7 Å². The van der Waals surface area contributed by atoms with E-state index in [4.69, 9.17) is 4.74 Å². The molecule has 0 fully saturated rings. The van der Waals surface area contributed by atoms with Crippen molar-refractivity contribution in [2.24, 2.45) is 0 Å². The lowest BCUT2D eigenvalue weighted by Gasteiger charge is -2.08. The lowest BCUT2D eigenvalue weighted by atomic mass is 10.1. The van der Waals surface area contributed by atoms with Crippen LogP contribution in [0.25, 0.3) is 12.2 Å². The molecule has 4 rings (SSSR count). The van der Waals surface area contributed by atoms with Crippen LogP contribution in [0, 0.1) is 0 Å². The first-order chi connectivity index (χ1) is 17.0. The highest BCUT2D eigenvalue weighted by Crippen LogP contribution is 2.29. The van der Waals surface area contributed by atoms with Gasteiger partial charge >= 0.3 is 6.18 Å². The summed E-state index contributed by atoms with van der Waals surface area (Å²) >= 11 is 0. The summed E-state index contributed by atoms with van der Waals surface area (Å²) < 4.78 is 45.9. The molecule has 0 unspecified atom stereocenters. The second-order valence-corrected chi connectivity index (χ2v) is 8.25. The van der Waals surface area contributed by atoms with Gasteiger partial charge in [0, 0.05) is 12.7 Å². The van der Waals surface area contributed by atoms with Gasteiger partial charge in [-0.15, -0.1) is 5.10 Å². The summed E-state index contributed by atoms with van der Waals surface area (Å²) in [5.74, 6) is 0.807. The van der Waals surface area contributed by atoms with Gasteiger partial charge in [-0.25, -0.2) is 0 Å². The van der Waals surface area contributed by atoms with E-state index in [9.17, 15) is 13.2 Å². The highest BCUT2D eigenvalue weighted by molar-refractivity contribution is 5.69. The first kappa shape index (κ1) is 24.3. The molecule has 0 spiro atoms. The van der Waals surface area contributed by atoms with Gasteiger partial charge < -0.3 is 4.74 Å². The van der Waals surface area contributed by atoms with Gasteiger partial charge in [0.1, 0.15) is 12.4 Å². The van der Waals surface area contributed by atoms with Gasteiger partial charge in [0.15, 0.2) is 0 Å². The predicted octanol–water partition coefficient (Wildman–Crippen LogP) is 7.07. The van der Waals surface area contributed by atoms with Crippen molar-refractivity contribution in [3.05, 3.63) is 113 Å². The molecule has 4 nitrogen and oxygen atoms in total. The number of hydrogen-bond donors (Lipinski definition) is 0. The Morgan fingerprint density at radius 3 is 2.31 bits per heavy atom. The van der Waals surface area contributed by atoms with E-state index in [1.807, 2.05) is 53.4 Å². The quantitative estimate of drug-likeness (QED) is 0.181. The van der Waals surface area contributed by atoms with Crippen molar-refractivity contribution < 1.29 is 17.9 Å².